The molecule has 0 bridgehead atoms. The van der Waals surface area contributed by atoms with E-state index < -0.39 is 17.7 Å². The van der Waals surface area contributed by atoms with E-state index in [-0.39, 0.29) is 10.0 Å². The van der Waals surface area contributed by atoms with Crippen LogP contribution in [0, 0.1) is 11.6 Å². The zero-order chi connectivity index (χ0) is 14.2. The highest BCUT2D eigenvalue weighted by Crippen LogP contribution is 2.33. The molecule has 1 N–H and O–H groups in total. The van der Waals surface area contributed by atoms with Crippen LogP contribution in [0.5, 0.6) is 0 Å². The summed E-state index contributed by atoms with van der Waals surface area (Å²) < 4.78 is 27.8. The normalized spacial score (nSPS) is 12.5. The Morgan fingerprint density at radius 3 is 2.26 bits per heavy atom. The Morgan fingerprint density at radius 2 is 1.63 bits per heavy atom. The highest BCUT2D eigenvalue weighted by molar-refractivity contribution is 9.10. The van der Waals surface area contributed by atoms with Crippen molar-refractivity contribution in [3.05, 3.63) is 67.1 Å². The summed E-state index contributed by atoms with van der Waals surface area (Å²) in [7, 11) is 0. The van der Waals surface area contributed by atoms with Crippen molar-refractivity contribution < 1.29 is 13.9 Å². The minimum Gasteiger partial charge on any atom is -0.384 e. The average molecular weight is 412 g/mol. The number of benzene rings is 2. The molecule has 2 aromatic carbocycles. The van der Waals surface area contributed by atoms with Crippen LogP contribution < -0.4 is 0 Å². The highest BCUT2D eigenvalue weighted by Gasteiger charge is 2.19. The van der Waals surface area contributed by atoms with Gasteiger partial charge in [-0.15, -0.1) is 0 Å². The van der Waals surface area contributed by atoms with Crippen LogP contribution in [0.4, 0.5) is 8.78 Å². The van der Waals surface area contributed by atoms with Crippen molar-refractivity contribution in [2.24, 2.45) is 0 Å². The van der Waals surface area contributed by atoms with Gasteiger partial charge in [0.25, 0.3) is 0 Å². The molecule has 0 saturated heterocycles. The van der Waals surface area contributed by atoms with E-state index >= 15 is 0 Å². The second kappa shape index (κ2) is 5.87. The fraction of sp³-hybridized carbons (Fsp3) is 0.0769. The Bertz CT molecular complexity index is 634. The van der Waals surface area contributed by atoms with Crippen molar-refractivity contribution in [1.29, 1.82) is 0 Å². The van der Waals surface area contributed by atoms with E-state index in [9.17, 15) is 13.9 Å². The third-order valence-electron chi connectivity index (χ3n) is 2.59. The molecular weight excluding hydrogens is 405 g/mol. The topological polar surface area (TPSA) is 20.2 Å². The van der Waals surface area contributed by atoms with Crippen LogP contribution >= 0.6 is 43.5 Å². The molecule has 19 heavy (non-hydrogen) atoms. The summed E-state index contributed by atoms with van der Waals surface area (Å²) in [5, 5.41) is 10.6. The van der Waals surface area contributed by atoms with Gasteiger partial charge in [-0.2, -0.15) is 0 Å². The molecule has 0 aliphatic carbocycles. The van der Waals surface area contributed by atoms with Gasteiger partial charge in [0, 0.05) is 15.1 Å². The lowest BCUT2D eigenvalue weighted by Crippen LogP contribution is -2.04. The van der Waals surface area contributed by atoms with Gasteiger partial charge >= 0.3 is 0 Å². The van der Waals surface area contributed by atoms with Crippen LogP contribution in [0.2, 0.25) is 5.02 Å². The molecule has 1 unspecified atom stereocenters. The Hall–Kier alpha value is -0.490. The molecule has 0 spiro atoms. The molecule has 0 aromatic heterocycles. The molecule has 2 aromatic rings. The first kappa shape index (κ1) is 14.9. The number of aliphatic hydroxyl groups is 1. The molecule has 1 atom stereocenters. The SMILES string of the molecule is OC(c1cc(F)c(Br)cc1F)c1ccc(Cl)cc1Br. The van der Waals surface area contributed by atoms with Gasteiger partial charge in [0.15, 0.2) is 0 Å². The predicted octanol–water partition coefficient (Wildman–Crippen LogP) is 5.22. The van der Waals surface area contributed by atoms with Crippen LogP contribution in [0.25, 0.3) is 0 Å². The monoisotopic (exact) mass is 410 g/mol. The second-order valence-electron chi connectivity index (χ2n) is 3.86. The van der Waals surface area contributed by atoms with E-state index in [1.807, 2.05) is 0 Å². The van der Waals surface area contributed by atoms with Gasteiger partial charge in [-0.25, -0.2) is 8.78 Å². The van der Waals surface area contributed by atoms with Crippen LogP contribution in [0.1, 0.15) is 17.2 Å². The fourth-order valence-electron chi connectivity index (χ4n) is 1.64. The summed E-state index contributed by atoms with van der Waals surface area (Å²) in [4.78, 5) is 0. The first-order chi connectivity index (χ1) is 8.90. The van der Waals surface area contributed by atoms with Crippen LogP contribution in [-0.2, 0) is 0 Å². The summed E-state index contributed by atoms with van der Waals surface area (Å²) >= 11 is 11.9. The molecule has 6 heteroatoms. The largest absolute Gasteiger partial charge is 0.384 e. The van der Waals surface area contributed by atoms with Crippen LogP contribution in [-0.4, -0.2) is 5.11 Å². The van der Waals surface area contributed by atoms with Gasteiger partial charge in [0.05, 0.1) is 4.47 Å². The molecule has 0 fully saturated rings. The fourth-order valence-corrected chi connectivity index (χ4v) is 2.85. The zero-order valence-corrected chi connectivity index (χ0v) is 13.2. The number of halogens is 5. The number of hydrogen-bond acceptors (Lipinski definition) is 1. The Morgan fingerprint density at radius 1 is 0.947 bits per heavy atom. The zero-order valence-electron chi connectivity index (χ0n) is 9.30. The highest BCUT2D eigenvalue weighted by atomic mass is 79.9. The summed E-state index contributed by atoms with van der Waals surface area (Å²) in [6.45, 7) is 0. The first-order valence-electron chi connectivity index (χ1n) is 5.17. The van der Waals surface area contributed by atoms with Crippen molar-refractivity contribution in [2.45, 2.75) is 6.10 Å². The summed E-state index contributed by atoms with van der Waals surface area (Å²) in [6.07, 6.45) is -1.28. The molecule has 100 valence electrons. The average Bonchev–Trinajstić information content (AvgIpc) is 2.33. The number of aliphatic hydroxyl groups excluding tert-OH is 1. The summed E-state index contributed by atoms with van der Waals surface area (Å²) in [5.41, 5.74) is 0.272. The third-order valence-corrected chi connectivity index (χ3v) is 4.12. The maximum atomic E-state index is 13.8. The smallest absolute Gasteiger partial charge is 0.137 e. The van der Waals surface area contributed by atoms with Gasteiger partial charge in [-0.05, 0) is 45.8 Å². The standard InChI is InChI=1S/C13H7Br2ClF2O/c14-9-3-6(16)1-2-7(9)13(19)8-4-12(18)10(15)5-11(8)17/h1-5,13,19H. The van der Waals surface area contributed by atoms with Gasteiger partial charge in [-0.3, -0.25) is 0 Å². The van der Waals surface area contributed by atoms with Crippen molar-refractivity contribution in [3.8, 4) is 0 Å². The van der Waals surface area contributed by atoms with Gasteiger partial charge in [0.1, 0.15) is 17.7 Å². The molecule has 0 aliphatic rings. The van der Waals surface area contributed by atoms with E-state index in [0.29, 0.717) is 15.1 Å². The molecule has 0 aliphatic heterocycles. The van der Waals surface area contributed by atoms with Crippen LogP contribution in [0.3, 0.4) is 0 Å². The minimum atomic E-state index is -1.28. The lowest BCUT2D eigenvalue weighted by atomic mass is 10.0. The van der Waals surface area contributed by atoms with Crippen molar-refractivity contribution in [3.63, 3.8) is 0 Å². The second-order valence-corrected chi connectivity index (χ2v) is 6.00. The number of rotatable bonds is 2. The van der Waals surface area contributed by atoms with Crippen molar-refractivity contribution in [2.75, 3.05) is 0 Å². The lowest BCUT2D eigenvalue weighted by Gasteiger charge is -2.15. The van der Waals surface area contributed by atoms with Crippen molar-refractivity contribution in [1.82, 2.24) is 0 Å². The molecule has 0 radical (unpaired) electrons. The minimum absolute atomic E-state index is 0.0103. The molecule has 0 heterocycles. The van der Waals surface area contributed by atoms with Gasteiger partial charge < -0.3 is 5.11 Å². The van der Waals surface area contributed by atoms with E-state index in [2.05, 4.69) is 31.9 Å². The van der Waals surface area contributed by atoms with Crippen molar-refractivity contribution >= 4 is 43.5 Å². The number of hydrogen-bond donors (Lipinski definition) is 1. The van der Waals surface area contributed by atoms with Crippen LogP contribution in [0.15, 0.2) is 39.3 Å². The van der Waals surface area contributed by atoms with E-state index in [4.69, 9.17) is 11.6 Å². The predicted molar refractivity (Wildman–Crippen MR) is 77.3 cm³/mol. The molecule has 0 amide bonds. The maximum Gasteiger partial charge on any atom is 0.137 e. The molecular formula is C13H7Br2ClF2O. The van der Waals surface area contributed by atoms with E-state index in [0.717, 1.165) is 12.1 Å². The maximum absolute atomic E-state index is 13.8. The van der Waals surface area contributed by atoms with E-state index in [1.54, 1.807) is 18.2 Å². The lowest BCUT2D eigenvalue weighted by molar-refractivity contribution is 0.213. The first-order valence-corrected chi connectivity index (χ1v) is 7.14. The quantitative estimate of drug-likeness (QED) is 0.670. The van der Waals surface area contributed by atoms with Gasteiger partial charge in [0.2, 0.25) is 0 Å². The molecule has 0 saturated carbocycles. The summed E-state index contributed by atoms with van der Waals surface area (Å²) in [5.74, 6) is -1.33. The Kier molecular flexibility index (Phi) is 4.61. The Labute approximate surface area is 130 Å². The molecule has 2 rings (SSSR count). The van der Waals surface area contributed by atoms with Gasteiger partial charge in [-0.1, -0.05) is 33.6 Å². The van der Waals surface area contributed by atoms with E-state index in [1.165, 1.54) is 0 Å². The molecule has 1 nitrogen and oxygen atoms in total. The summed E-state index contributed by atoms with van der Waals surface area (Å²) in [6, 6.07) is 6.64. The Balaban J connectivity index is 2.49. The third kappa shape index (κ3) is 3.16.